The summed E-state index contributed by atoms with van der Waals surface area (Å²) in [6, 6.07) is 8.09. The van der Waals surface area contributed by atoms with E-state index in [1.807, 2.05) is 7.05 Å². The van der Waals surface area contributed by atoms with Crippen LogP contribution in [0.1, 0.15) is 28.8 Å². The van der Waals surface area contributed by atoms with Gasteiger partial charge in [-0.1, -0.05) is 12.1 Å². The molecule has 13 heteroatoms. The molecular weight excluding hydrogens is 508 g/mol. The molecule has 4 rings (SSSR count). The number of carbonyl (C=O) groups excluding carboxylic acids is 1. The molecule has 0 aliphatic carbocycles. The SMILES string of the molecule is COc1cc(C(=O)NC2CCN(C)CC2)c(F)cc1Nc1ncc(C(F)(F)F)c(Oc2ccccc2N)n1. The summed E-state index contributed by atoms with van der Waals surface area (Å²) < 4.78 is 66.3. The van der Waals surface area contributed by atoms with Crippen LogP contribution in [0.5, 0.6) is 17.4 Å². The van der Waals surface area contributed by atoms with Crippen molar-refractivity contribution in [3.05, 3.63) is 59.5 Å². The fourth-order valence-corrected chi connectivity index (χ4v) is 3.91. The maximum Gasteiger partial charge on any atom is 0.423 e. The molecule has 2 aromatic carbocycles. The first-order valence-electron chi connectivity index (χ1n) is 11.7. The minimum atomic E-state index is -4.82. The van der Waals surface area contributed by atoms with Crippen molar-refractivity contribution in [3.63, 3.8) is 0 Å². The average molecular weight is 535 g/mol. The van der Waals surface area contributed by atoms with Crippen molar-refractivity contribution >= 4 is 23.2 Å². The molecule has 4 N–H and O–H groups in total. The van der Waals surface area contributed by atoms with Crippen LogP contribution in [0.3, 0.4) is 0 Å². The second-order valence-electron chi connectivity index (χ2n) is 8.76. The second kappa shape index (κ2) is 11.1. The predicted molar refractivity (Wildman–Crippen MR) is 132 cm³/mol. The highest BCUT2D eigenvalue weighted by Crippen LogP contribution is 2.39. The first kappa shape index (κ1) is 26.9. The molecule has 202 valence electrons. The van der Waals surface area contributed by atoms with Crippen molar-refractivity contribution in [2.24, 2.45) is 0 Å². The van der Waals surface area contributed by atoms with Crippen LogP contribution < -0.4 is 25.8 Å². The molecule has 0 spiro atoms. The molecule has 1 saturated heterocycles. The molecule has 1 fully saturated rings. The van der Waals surface area contributed by atoms with Gasteiger partial charge >= 0.3 is 6.18 Å². The summed E-state index contributed by atoms with van der Waals surface area (Å²) in [7, 11) is 3.29. The standard InChI is InChI=1S/C25H26F4N6O3/c1-35-9-7-14(8-10-35)32-22(36)15-11-21(37-2)19(12-17(15)26)33-24-31-13-16(25(27,28)29)23(34-24)38-20-6-4-3-5-18(20)30/h3-6,11-14H,7-10,30H2,1-2H3,(H,32,36)(H,31,33,34). The van der Waals surface area contributed by atoms with Gasteiger partial charge in [0, 0.05) is 18.3 Å². The minimum Gasteiger partial charge on any atom is -0.495 e. The molecule has 9 nitrogen and oxygen atoms in total. The smallest absolute Gasteiger partial charge is 0.423 e. The van der Waals surface area contributed by atoms with Crippen molar-refractivity contribution in [1.29, 1.82) is 0 Å². The number of nitrogens with two attached hydrogens (primary N) is 1. The van der Waals surface area contributed by atoms with Gasteiger partial charge in [-0.25, -0.2) is 9.37 Å². The molecule has 0 radical (unpaired) electrons. The average Bonchev–Trinajstić information content (AvgIpc) is 2.86. The van der Waals surface area contributed by atoms with Crippen LogP contribution in [-0.2, 0) is 6.18 Å². The highest BCUT2D eigenvalue weighted by atomic mass is 19.4. The number of methoxy groups -OCH3 is 1. The summed E-state index contributed by atoms with van der Waals surface area (Å²) in [5, 5.41) is 5.47. The normalized spacial score (nSPS) is 14.7. The highest BCUT2D eigenvalue weighted by molar-refractivity contribution is 5.96. The largest absolute Gasteiger partial charge is 0.495 e. The van der Waals surface area contributed by atoms with Crippen LogP contribution in [0, 0.1) is 5.82 Å². The Labute approximate surface area is 216 Å². The van der Waals surface area contributed by atoms with Gasteiger partial charge in [-0.2, -0.15) is 18.2 Å². The van der Waals surface area contributed by atoms with Gasteiger partial charge in [0.15, 0.2) is 5.75 Å². The lowest BCUT2D eigenvalue weighted by molar-refractivity contribution is -0.139. The first-order valence-corrected chi connectivity index (χ1v) is 11.7. The fourth-order valence-electron chi connectivity index (χ4n) is 3.91. The van der Waals surface area contributed by atoms with Gasteiger partial charge in [0.1, 0.15) is 17.1 Å². The number of likely N-dealkylation sites (tertiary alicyclic amines) is 1. The number of benzene rings is 2. The number of alkyl halides is 3. The van der Waals surface area contributed by atoms with Crippen LogP contribution in [0.25, 0.3) is 0 Å². The minimum absolute atomic E-state index is 0.00854. The molecule has 0 bridgehead atoms. The third-order valence-corrected chi connectivity index (χ3v) is 6.02. The quantitative estimate of drug-likeness (QED) is 0.298. The number of nitrogens with one attached hydrogen (secondary N) is 2. The third kappa shape index (κ3) is 6.22. The Morgan fingerprint density at radius 2 is 1.87 bits per heavy atom. The summed E-state index contributed by atoms with van der Waals surface area (Å²) in [5.41, 5.74) is 4.42. The zero-order valence-corrected chi connectivity index (χ0v) is 20.6. The summed E-state index contributed by atoms with van der Waals surface area (Å²) in [4.78, 5) is 22.4. The van der Waals surface area contributed by atoms with Crippen LogP contribution in [-0.4, -0.2) is 54.1 Å². The number of nitrogen functional groups attached to an aromatic ring is 1. The van der Waals surface area contributed by atoms with Crippen molar-refractivity contribution in [1.82, 2.24) is 20.2 Å². The van der Waals surface area contributed by atoms with Crippen LogP contribution >= 0.6 is 0 Å². The molecule has 0 unspecified atom stereocenters. The summed E-state index contributed by atoms with van der Waals surface area (Å²) in [6.45, 7) is 1.63. The van der Waals surface area contributed by atoms with E-state index in [9.17, 15) is 22.4 Å². The van der Waals surface area contributed by atoms with E-state index in [1.165, 1.54) is 31.4 Å². The molecule has 3 aromatic rings. The number of piperidine rings is 1. The van der Waals surface area contributed by atoms with Gasteiger partial charge in [0.05, 0.1) is 24.0 Å². The Bertz CT molecular complexity index is 1310. The Balaban J connectivity index is 1.59. The number of carbonyl (C=O) groups is 1. The fraction of sp³-hybridized carbons (Fsp3) is 0.320. The number of nitrogens with zero attached hydrogens (tertiary/aromatic N) is 3. The van der Waals surface area contributed by atoms with E-state index in [0.717, 1.165) is 32.0 Å². The van der Waals surface area contributed by atoms with E-state index in [0.29, 0.717) is 6.20 Å². The number of anilines is 3. The predicted octanol–water partition coefficient (Wildman–Crippen LogP) is 4.59. The number of para-hydroxylation sites is 2. The van der Waals surface area contributed by atoms with Gasteiger partial charge in [-0.05, 0) is 51.2 Å². The zero-order valence-electron chi connectivity index (χ0n) is 20.6. The number of amides is 1. The Morgan fingerprint density at radius 3 is 2.53 bits per heavy atom. The van der Waals surface area contributed by atoms with Crippen molar-refractivity contribution in [3.8, 4) is 17.4 Å². The number of hydrogen-bond acceptors (Lipinski definition) is 8. The third-order valence-electron chi connectivity index (χ3n) is 6.02. The van der Waals surface area contributed by atoms with E-state index in [-0.39, 0.29) is 40.4 Å². The van der Waals surface area contributed by atoms with Crippen LogP contribution in [0.4, 0.5) is 34.9 Å². The monoisotopic (exact) mass is 534 g/mol. The number of hydrogen-bond donors (Lipinski definition) is 3. The maximum absolute atomic E-state index is 15.0. The van der Waals surface area contributed by atoms with Gasteiger partial charge in [-0.3, -0.25) is 4.79 Å². The first-order chi connectivity index (χ1) is 18.0. The highest BCUT2D eigenvalue weighted by Gasteiger charge is 2.37. The molecular formula is C25H26F4N6O3. The van der Waals surface area contributed by atoms with E-state index in [4.69, 9.17) is 15.2 Å². The van der Waals surface area contributed by atoms with Gasteiger partial charge in [-0.15, -0.1) is 0 Å². The lowest BCUT2D eigenvalue weighted by Crippen LogP contribution is -2.43. The molecule has 38 heavy (non-hydrogen) atoms. The van der Waals surface area contributed by atoms with Crippen LogP contribution in [0.2, 0.25) is 0 Å². The number of rotatable bonds is 7. The molecule has 0 saturated carbocycles. The summed E-state index contributed by atoms with van der Waals surface area (Å²) >= 11 is 0. The Morgan fingerprint density at radius 1 is 1.16 bits per heavy atom. The number of halogens is 4. The Kier molecular flexibility index (Phi) is 7.86. The van der Waals surface area contributed by atoms with E-state index in [1.54, 1.807) is 6.07 Å². The van der Waals surface area contributed by atoms with Gasteiger partial charge in [0.2, 0.25) is 11.8 Å². The lowest BCUT2D eigenvalue weighted by Gasteiger charge is -2.29. The number of aromatic nitrogens is 2. The summed E-state index contributed by atoms with van der Waals surface area (Å²) in [5.74, 6) is -2.57. The van der Waals surface area contributed by atoms with E-state index in [2.05, 4.69) is 25.5 Å². The van der Waals surface area contributed by atoms with Gasteiger partial charge in [0.25, 0.3) is 5.91 Å². The summed E-state index contributed by atoms with van der Waals surface area (Å²) in [6.07, 6.45) is -2.80. The molecule has 1 amide bonds. The van der Waals surface area contributed by atoms with Crippen molar-refractivity contribution < 1.29 is 31.8 Å². The van der Waals surface area contributed by atoms with Gasteiger partial charge < -0.3 is 30.7 Å². The molecule has 1 aromatic heterocycles. The van der Waals surface area contributed by atoms with Crippen molar-refractivity contribution in [2.75, 3.05) is 38.3 Å². The Hall–Kier alpha value is -4.13. The van der Waals surface area contributed by atoms with E-state index < -0.39 is 29.3 Å². The topological polar surface area (TPSA) is 115 Å². The van der Waals surface area contributed by atoms with Crippen LogP contribution in [0.15, 0.2) is 42.6 Å². The lowest BCUT2D eigenvalue weighted by atomic mass is 10.0. The number of ether oxygens (including phenoxy) is 2. The maximum atomic E-state index is 15.0. The molecule has 0 atom stereocenters. The van der Waals surface area contributed by atoms with Crippen molar-refractivity contribution in [2.45, 2.75) is 25.1 Å². The molecule has 2 heterocycles. The van der Waals surface area contributed by atoms with E-state index >= 15 is 0 Å². The second-order valence-corrected chi connectivity index (χ2v) is 8.76. The molecule has 1 aliphatic heterocycles. The zero-order chi connectivity index (χ0) is 27.4. The molecule has 1 aliphatic rings.